The highest BCUT2D eigenvalue weighted by atomic mass is 35.5. The van der Waals surface area contributed by atoms with Crippen LogP contribution in [0.15, 0.2) is 60.7 Å². The van der Waals surface area contributed by atoms with Gasteiger partial charge in [-0.3, -0.25) is 9.59 Å². The van der Waals surface area contributed by atoms with E-state index in [0.29, 0.717) is 30.2 Å². The van der Waals surface area contributed by atoms with Crippen molar-refractivity contribution < 1.29 is 9.59 Å². The number of nitrogens with zero attached hydrogens (tertiary/aromatic N) is 5. The van der Waals surface area contributed by atoms with Crippen LogP contribution in [0.4, 0.5) is 5.82 Å². The molecule has 0 radical (unpaired) electrons. The van der Waals surface area contributed by atoms with Crippen LogP contribution in [0, 0.1) is 6.92 Å². The Morgan fingerprint density at radius 2 is 1.73 bits per heavy atom. The van der Waals surface area contributed by atoms with Crippen LogP contribution >= 0.6 is 11.6 Å². The first kappa shape index (κ1) is 26.6. The number of rotatable bonds is 7. The quantitative estimate of drug-likeness (QED) is 0.435. The third-order valence-electron chi connectivity index (χ3n) is 7.04. The predicted molar refractivity (Wildman–Crippen MR) is 148 cm³/mol. The molecule has 2 aromatic carbocycles. The summed E-state index contributed by atoms with van der Waals surface area (Å²) >= 11 is 6.30. The number of carbonyl (C=O) groups excluding carboxylic acids is 2. The molecule has 194 valence electrons. The van der Waals surface area contributed by atoms with Crippen LogP contribution in [0.1, 0.15) is 42.6 Å². The second-order valence-electron chi connectivity index (χ2n) is 9.48. The third-order valence-corrected chi connectivity index (χ3v) is 7.37. The Morgan fingerprint density at radius 1 is 0.973 bits per heavy atom. The van der Waals surface area contributed by atoms with Crippen molar-refractivity contribution in [1.82, 2.24) is 20.0 Å². The molecule has 1 atom stereocenters. The Bertz CT molecular complexity index is 1230. The van der Waals surface area contributed by atoms with Crippen molar-refractivity contribution in [2.45, 2.75) is 39.7 Å². The zero-order valence-corrected chi connectivity index (χ0v) is 22.5. The molecule has 1 saturated heterocycles. The van der Waals surface area contributed by atoms with Gasteiger partial charge in [-0.15, -0.1) is 10.2 Å². The lowest BCUT2D eigenvalue weighted by Gasteiger charge is -2.31. The second-order valence-corrected chi connectivity index (χ2v) is 9.89. The molecule has 0 spiro atoms. The van der Waals surface area contributed by atoms with E-state index >= 15 is 0 Å². The van der Waals surface area contributed by atoms with Gasteiger partial charge in [0.05, 0.1) is 10.7 Å². The van der Waals surface area contributed by atoms with Crippen molar-refractivity contribution in [2.24, 2.45) is 0 Å². The van der Waals surface area contributed by atoms with Crippen LogP contribution in [-0.4, -0.2) is 70.6 Å². The van der Waals surface area contributed by atoms with E-state index in [1.54, 1.807) is 4.90 Å². The number of halogens is 1. The van der Waals surface area contributed by atoms with Gasteiger partial charge in [0.15, 0.2) is 5.82 Å². The molecule has 7 nitrogen and oxygen atoms in total. The minimum Gasteiger partial charge on any atom is -0.353 e. The van der Waals surface area contributed by atoms with E-state index in [9.17, 15) is 9.59 Å². The molecule has 0 N–H and O–H groups in total. The van der Waals surface area contributed by atoms with Gasteiger partial charge in [-0.25, -0.2) is 0 Å². The van der Waals surface area contributed by atoms with Crippen molar-refractivity contribution in [2.75, 3.05) is 37.6 Å². The molecule has 0 aliphatic carbocycles. The van der Waals surface area contributed by atoms with E-state index in [1.165, 1.54) is 0 Å². The second kappa shape index (κ2) is 12.2. The average molecular weight is 520 g/mol. The minimum atomic E-state index is -0.0915. The molecule has 0 saturated carbocycles. The molecular weight excluding hydrogens is 486 g/mol. The van der Waals surface area contributed by atoms with E-state index in [2.05, 4.69) is 15.1 Å². The molecule has 1 aliphatic rings. The van der Waals surface area contributed by atoms with Gasteiger partial charge < -0.3 is 14.7 Å². The number of aromatic nitrogens is 2. The first-order chi connectivity index (χ1) is 17.9. The number of amides is 2. The summed E-state index contributed by atoms with van der Waals surface area (Å²) in [6.07, 6.45) is 1.59. The fraction of sp³-hybridized carbons (Fsp3) is 0.379. The van der Waals surface area contributed by atoms with Crippen molar-refractivity contribution in [3.05, 3.63) is 76.8 Å². The highest BCUT2D eigenvalue weighted by Crippen LogP contribution is 2.26. The van der Waals surface area contributed by atoms with E-state index < -0.39 is 0 Å². The van der Waals surface area contributed by atoms with Gasteiger partial charge in [0.1, 0.15) is 6.54 Å². The minimum absolute atomic E-state index is 0.0239. The number of aryl methyl sites for hydroxylation is 1. The lowest BCUT2D eigenvalue weighted by Crippen LogP contribution is -2.47. The van der Waals surface area contributed by atoms with E-state index in [4.69, 9.17) is 11.6 Å². The summed E-state index contributed by atoms with van der Waals surface area (Å²) in [5, 5.41) is 9.47. The van der Waals surface area contributed by atoms with Crippen molar-refractivity contribution in [3.63, 3.8) is 0 Å². The standard InChI is InChI=1S/C29H34ClN5O2/c1-4-22(3)35(29(37)23-11-6-5-10-21(23)2)20-28(36)34-17-9-16-33(18-19-34)27-15-14-26(31-32-27)24-12-7-8-13-25(24)30/h5-8,10-15,22H,4,9,16-20H2,1-3H3. The third kappa shape index (κ3) is 6.28. The SMILES string of the molecule is CCC(C)N(CC(=O)N1CCCN(c2ccc(-c3ccccc3Cl)nn2)CC1)C(=O)c1ccccc1C. The first-order valence-corrected chi connectivity index (χ1v) is 13.2. The molecule has 0 bridgehead atoms. The molecule has 1 unspecified atom stereocenters. The van der Waals surface area contributed by atoms with Crippen LogP contribution < -0.4 is 4.90 Å². The molecule has 1 fully saturated rings. The molecule has 8 heteroatoms. The highest BCUT2D eigenvalue weighted by Gasteiger charge is 2.27. The summed E-state index contributed by atoms with van der Waals surface area (Å²) in [6, 6.07) is 19.0. The molecule has 1 aliphatic heterocycles. The molecule has 37 heavy (non-hydrogen) atoms. The van der Waals surface area contributed by atoms with Gasteiger partial charge in [-0.1, -0.05) is 54.9 Å². The summed E-state index contributed by atoms with van der Waals surface area (Å²) in [5.74, 6) is 0.663. The summed E-state index contributed by atoms with van der Waals surface area (Å²) in [4.78, 5) is 32.5. The predicted octanol–water partition coefficient (Wildman–Crippen LogP) is 5.09. The Balaban J connectivity index is 1.41. The van der Waals surface area contributed by atoms with E-state index in [1.807, 2.05) is 86.3 Å². The van der Waals surface area contributed by atoms with Crippen LogP contribution in [0.5, 0.6) is 0 Å². The summed E-state index contributed by atoms with van der Waals surface area (Å²) in [5.41, 5.74) is 3.14. The Morgan fingerprint density at radius 3 is 2.43 bits per heavy atom. The monoisotopic (exact) mass is 519 g/mol. The van der Waals surface area contributed by atoms with Crippen LogP contribution in [0.25, 0.3) is 11.3 Å². The number of anilines is 1. The maximum Gasteiger partial charge on any atom is 0.254 e. The lowest BCUT2D eigenvalue weighted by atomic mass is 10.1. The van der Waals surface area contributed by atoms with Crippen LogP contribution in [0.3, 0.4) is 0 Å². The fourth-order valence-corrected chi connectivity index (χ4v) is 4.80. The lowest BCUT2D eigenvalue weighted by molar-refractivity contribution is -0.132. The molecular formula is C29H34ClN5O2. The van der Waals surface area contributed by atoms with Gasteiger partial charge in [0.2, 0.25) is 5.91 Å². The molecule has 4 rings (SSSR count). The number of benzene rings is 2. The molecule has 1 aromatic heterocycles. The van der Waals surface area contributed by atoms with Gasteiger partial charge >= 0.3 is 0 Å². The molecule has 2 heterocycles. The zero-order valence-electron chi connectivity index (χ0n) is 21.7. The highest BCUT2D eigenvalue weighted by molar-refractivity contribution is 6.33. The smallest absolute Gasteiger partial charge is 0.254 e. The van der Waals surface area contributed by atoms with Gasteiger partial charge in [-0.05, 0) is 56.5 Å². The molecule has 2 amide bonds. The Kier molecular flexibility index (Phi) is 8.77. The zero-order chi connectivity index (χ0) is 26.4. The summed E-state index contributed by atoms with van der Waals surface area (Å²) in [7, 11) is 0. The largest absolute Gasteiger partial charge is 0.353 e. The van der Waals surface area contributed by atoms with Gasteiger partial charge in [0.25, 0.3) is 5.91 Å². The van der Waals surface area contributed by atoms with Crippen molar-refractivity contribution in [3.8, 4) is 11.3 Å². The van der Waals surface area contributed by atoms with E-state index in [-0.39, 0.29) is 24.4 Å². The summed E-state index contributed by atoms with van der Waals surface area (Å²) in [6.45, 7) is 8.69. The maximum atomic E-state index is 13.4. The Labute approximate surface area is 224 Å². The Hall–Kier alpha value is -3.45. The average Bonchev–Trinajstić information content (AvgIpc) is 3.18. The van der Waals surface area contributed by atoms with Gasteiger partial charge in [-0.2, -0.15) is 0 Å². The summed E-state index contributed by atoms with van der Waals surface area (Å²) < 4.78 is 0. The van der Waals surface area contributed by atoms with Gasteiger partial charge in [0, 0.05) is 43.3 Å². The van der Waals surface area contributed by atoms with Crippen molar-refractivity contribution >= 4 is 29.2 Å². The van der Waals surface area contributed by atoms with E-state index in [0.717, 1.165) is 42.0 Å². The van der Waals surface area contributed by atoms with Crippen LogP contribution in [-0.2, 0) is 4.79 Å². The number of carbonyl (C=O) groups is 2. The topological polar surface area (TPSA) is 69.6 Å². The van der Waals surface area contributed by atoms with Crippen molar-refractivity contribution in [1.29, 1.82) is 0 Å². The first-order valence-electron chi connectivity index (χ1n) is 12.9. The molecule has 3 aromatic rings. The number of hydrogen-bond donors (Lipinski definition) is 0. The maximum absolute atomic E-state index is 13.4. The fourth-order valence-electron chi connectivity index (χ4n) is 4.56. The van der Waals surface area contributed by atoms with Crippen LogP contribution in [0.2, 0.25) is 5.02 Å². The number of hydrogen-bond acceptors (Lipinski definition) is 5. The normalized spacial score (nSPS) is 14.7.